The van der Waals surface area contributed by atoms with Crippen LogP contribution < -0.4 is 10.6 Å². The van der Waals surface area contributed by atoms with E-state index >= 15 is 0 Å². The normalized spacial score (nSPS) is 17.5. The number of hydrogen-bond acceptors (Lipinski definition) is 9. The van der Waals surface area contributed by atoms with Crippen molar-refractivity contribution >= 4 is 29.5 Å². The molecule has 3 heterocycles. The van der Waals surface area contributed by atoms with Crippen molar-refractivity contribution in [3.63, 3.8) is 0 Å². The molecule has 1 aromatic heterocycles. The summed E-state index contributed by atoms with van der Waals surface area (Å²) in [5.74, 6) is -1.40. The number of likely N-dealkylation sites (tertiary alicyclic amines) is 1. The summed E-state index contributed by atoms with van der Waals surface area (Å²) < 4.78 is 12.2. The minimum Gasteiger partial charge on any atom is -0.507 e. The summed E-state index contributed by atoms with van der Waals surface area (Å²) >= 11 is 0. The van der Waals surface area contributed by atoms with E-state index in [9.17, 15) is 24.3 Å². The van der Waals surface area contributed by atoms with E-state index in [0.29, 0.717) is 48.4 Å². The number of nitrogens with zero attached hydrogens (tertiary/aromatic N) is 5. The van der Waals surface area contributed by atoms with Crippen LogP contribution in [0.25, 0.3) is 22.4 Å². The number of rotatable bonds is 10. The first kappa shape index (κ1) is 36.6. The Labute approximate surface area is 306 Å². The number of methoxy groups -OCH3 is 1. The molecule has 6 rings (SSSR count). The summed E-state index contributed by atoms with van der Waals surface area (Å²) in [5.41, 5.74) is 4.57. The molecule has 53 heavy (non-hydrogen) atoms. The Morgan fingerprint density at radius 1 is 1.02 bits per heavy atom. The zero-order valence-electron chi connectivity index (χ0n) is 29.5. The summed E-state index contributed by atoms with van der Waals surface area (Å²) in [6.07, 6.45) is 3.17. The second kappa shape index (κ2) is 16.4. The van der Waals surface area contributed by atoms with Gasteiger partial charge >= 0.3 is 12.0 Å². The largest absolute Gasteiger partial charge is 0.507 e. The fourth-order valence-corrected chi connectivity index (χ4v) is 6.69. The Morgan fingerprint density at radius 3 is 2.53 bits per heavy atom. The fourth-order valence-electron chi connectivity index (χ4n) is 6.69. The lowest BCUT2D eigenvalue weighted by Gasteiger charge is -2.37. The summed E-state index contributed by atoms with van der Waals surface area (Å²) in [6, 6.07) is 19.8. The molecule has 3 aromatic carbocycles. The quantitative estimate of drug-likeness (QED) is 0.200. The highest BCUT2D eigenvalue weighted by molar-refractivity contribution is 5.99. The van der Waals surface area contributed by atoms with Gasteiger partial charge in [0.25, 0.3) is 5.91 Å². The van der Waals surface area contributed by atoms with Gasteiger partial charge in [0.1, 0.15) is 29.6 Å². The molecule has 2 aliphatic rings. The molecule has 4 aromatic rings. The van der Waals surface area contributed by atoms with Gasteiger partial charge in [-0.2, -0.15) is 10.4 Å². The van der Waals surface area contributed by atoms with Gasteiger partial charge in [-0.3, -0.25) is 14.3 Å². The molecular formula is C39H41N7O7. The van der Waals surface area contributed by atoms with E-state index < -0.39 is 41.9 Å². The van der Waals surface area contributed by atoms with Crippen LogP contribution in [0, 0.1) is 18.3 Å². The standard InChI is InChI=1S/C39H41N7O7/c1-25-11-16-33(47)29(22-25)35-30(23-44(43-35)18-7-17-40)26-12-14-28(15-13-26)41-36(48)32-24-53-21-20-45(32)37(49)34(27-8-4-3-5-9-27)42-39(51)46-19-6-10-31(46)38(50)52-2/h3-5,8-9,11-16,22-23,31-32,34,47H,6-7,10,18-21,24H2,1-2H3,(H,41,48)(H,42,51)/t31?,32-,34+/m0/s1. The number of urea groups is 1. The van der Waals surface area contributed by atoms with Crippen molar-refractivity contribution in [2.45, 2.75) is 50.9 Å². The van der Waals surface area contributed by atoms with Gasteiger partial charge in [-0.25, -0.2) is 9.59 Å². The number of aromatic nitrogens is 2. The molecule has 0 saturated carbocycles. The van der Waals surface area contributed by atoms with Gasteiger partial charge in [0.15, 0.2) is 0 Å². The number of carbonyl (C=O) groups excluding carboxylic acids is 4. The van der Waals surface area contributed by atoms with Crippen molar-refractivity contribution in [3.05, 3.63) is 90.1 Å². The van der Waals surface area contributed by atoms with Gasteiger partial charge in [-0.1, -0.05) is 54.1 Å². The molecule has 14 heteroatoms. The number of aryl methyl sites for hydroxylation is 2. The molecule has 1 unspecified atom stereocenters. The van der Waals surface area contributed by atoms with Crippen molar-refractivity contribution in [1.82, 2.24) is 24.9 Å². The Morgan fingerprint density at radius 2 is 1.79 bits per heavy atom. The third-order valence-electron chi connectivity index (χ3n) is 9.43. The number of morpholine rings is 1. The van der Waals surface area contributed by atoms with Crippen LogP contribution in [-0.4, -0.2) is 94.0 Å². The number of ether oxygens (including phenoxy) is 2. The zero-order valence-corrected chi connectivity index (χ0v) is 29.5. The Balaban J connectivity index is 1.21. The molecule has 0 aliphatic carbocycles. The Bertz CT molecular complexity index is 2010. The lowest BCUT2D eigenvalue weighted by atomic mass is 9.99. The smallest absolute Gasteiger partial charge is 0.328 e. The van der Waals surface area contributed by atoms with Gasteiger partial charge in [0.05, 0.1) is 39.4 Å². The van der Waals surface area contributed by atoms with E-state index in [2.05, 4.69) is 21.8 Å². The highest BCUT2D eigenvalue weighted by Crippen LogP contribution is 2.37. The Kier molecular flexibility index (Phi) is 11.3. The summed E-state index contributed by atoms with van der Waals surface area (Å²) in [6.45, 7) is 2.91. The number of phenols is 1. The molecule has 3 N–H and O–H groups in total. The number of aromatic hydroxyl groups is 1. The van der Waals surface area contributed by atoms with Crippen molar-refractivity contribution in [1.29, 1.82) is 5.26 Å². The molecule has 0 radical (unpaired) electrons. The number of nitriles is 1. The fraction of sp³-hybridized carbons (Fsp3) is 0.333. The van der Waals surface area contributed by atoms with Crippen molar-refractivity contribution < 1.29 is 33.8 Å². The molecule has 2 saturated heterocycles. The predicted molar refractivity (Wildman–Crippen MR) is 194 cm³/mol. The zero-order chi connectivity index (χ0) is 37.5. The third kappa shape index (κ3) is 8.15. The molecular weight excluding hydrogens is 678 g/mol. The molecule has 14 nitrogen and oxygen atoms in total. The molecule has 2 aliphatic heterocycles. The van der Waals surface area contributed by atoms with Gasteiger partial charge in [0.2, 0.25) is 5.91 Å². The van der Waals surface area contributed by atoms with E-state index in [0.717, 1.165) is 16.7 Å². The second-order valence-electron chi connectivity index (χ2n) is 12.9. The first-order valence-electron chi connectivity index (χ1n) is 17.4. The molecule has 274 valence electrons. The monoisotopic (exact) mass is 719 g/mol. The van der Waals surface area contributed by atoms with Crippen molar-refractivity contribution in [3.8, 4) is 34.2 Å². The number of benzene rings is 3. The van der Waals surface area contributed by atoms with Crippen LogP contribution in [0.3, 0.4) is 0 Å². The summed E-state index contributed by atoms with van der Waals surface area (Å²) in [7, 11) is 1.27. The van der Waals surface area contributed by atoms with Gasteiger partial charge < -0.3 is 35.0 Å². The van der Waals surface area contributed by atoms with Gasteiger partial charge in [-0.15, -0.1) is 0 Å². The molecule has 3 atom stereocenters. The highest BCUT2D eigenvalue weighted by Gasteiger charge is 2.40. The van der Waals surface area contributed by atoms with Crippen molar-refractivity contribution in [2.24, 2.45) is 0 Å². The van der Waals surface area contributed by atoms with Crippen LogP contribution in [0.4, 0.5) is 10.5 Å². The third-order valence-corrected chi connectivity index (χ3v) is 9.43. The van der Waals surface area contributed by atoms with Crippen LogP contribution in [0.2, 0.25) is 0 Å². The van der Waals surface area contributed by atoms with Crippen LogP contribution >= 0.6 is 0 Å². The summed E-state index contributed by atoms with van der Waals surface area (Å²) in [5, 5.41) is 30.2. The SMILES string of the molecule is COC(=O)C1CCCN1C(=O)N[C@@H](C(=O)N1CCOC[C@H]1C(=O)Nc1ccc(-c2cn(CCC#N)nc2-c2cc(C)ccc2O)cc1)c1ccccc1. The van der Waals surface area contributed by atoms with Crippen molar-refractivity contribution in [2.75, 3.05) is 38.7 Å². The topological polar surface area (TPSA) is 179 Å². The lowest BCUT2D eigenvalue weighted by molar-refractivity contribution is -0.148. The van der Waals surface area contributed by atoms with Gasteiger partial charge in [0, 0.05) is 36.1 Å². The maximum atomic E-state index is 14.3. The average molecular weight is 720 g/mol. The number of anilines is 1. The van der Waals surface area contributed by atoms with E-state index in [1.807, 2.05) is 37.4 Å². The first-order chi connectivity index (χ1) is 25.7. The average Bonchev–Trinajstić information content (AvgIpc) is 3.85. The molecule has 4 amide bonds. The number of hydrogen-bond donors (Lipinski definition) is 3. The number of esters is 1. The lowest BCUT2D eigenvalue weighted by Crippen LogP contribution is -2.58. The number of carbonyl (C=O) groups is 4. The van der Waals surface area contributed by atoms with Crippen LogP contribution in [0.5, 0.6) is 5.75 Å². The minimum absolute atomic E-state index is 0.0487. The maximum Gasteiger partial charge on any atom is 0.328 e. The first-order valence-corrected chi connectivity index (χ1v) is 17.4. The molecule has 2 fully saturated rings. The summed E-state index contributed by atoms with van der Waals surface area (Å²) in [4.78, 5) is 56.7. The van der Waals surface area contributed by atoms with Crippen LogP contribution in [0.1, 0.15) is 36.4 Å². The van der Waals surface area contributed by atoms with E-state index in [1.165, 1.54) is 16.9 Å². The van der Waals surface area contributed by atoms with Crippen LogP contribution in [0.15, 0.2) is 79.0 Å². The molecule has 0 bridgehead atoms. The van der Waals surface area contributed by atoms with E-state index in [4.69, 9.17) is 14.7 Å². The minimum atomic E-state index is -1.13. The number of amides is 4. The maximum absolute atomic E-state index is 14.3. The van der Waals surface area contributed by atoms with Gasteiger partial charge in [-0.05, 0) is 55.2 Å². The number of phenolic OH excluding ortho intramolecular Hbond substituents is 1. The second-order valence-corrected chi connectivity index (χ2v) is 12.9. The highest BCUT2D eigenvalue weighted by atomic mass is 16.5. The predicted octanol–water partition coefficient (Wildman–Crippen LogP) is 4.40. The van der Waals surface area contributed by atoms with E-state index in [-0.39, 0.29) is 31.9 Å². The number of nitrogens with one attached hydrogen (secondary N) is 2. The van der Waals surface area contributed by atoms with Crippen LogP contribution in [-0.2, 0) is 30.4 Å². The Hall–Kier alpha value is -6.20. The molecule has 0 spiro atoms. The van der Waals surface area contributed by atoms with E-state index in [1.54, 1.807) is 53.2 Å².